The molecule has 1 spiro atoms. The fourth-order valence-corrected chi connectivity index (χ4v) is 5.49. The summed E-state index contributed by atoms with van der Waals surface area (Å²) < 4.78 is 12.4. The second-order valence-corrected chi connectivity index (χ2v) is 14.6. The molecule has 1 heterocycles. The second kappa shape index (κ2) is 7.27. The quantitative estimate of drug-likeness (QED) is 0.665. The number of anilines is 1. The van der Waals surface area contributed by atoms with Gasteiger partial charge in [-0.05, 0) is 62.0 Å². The molecule has 1 aliphatic heterocycles. The number of hydrogen-bond acceptors (Lipinski definition) is 5. The summed E-state index contributed by atoms with van der Waals surface area (Å²) in [6.07, 6.45) is -0.0789. The molecule has 1 saturated heterocycles. The molecule has 3 unspecified atom stereocenters. The maximum atomic E-state index is 12.9. The maximum Gasteiger partial charge on any atom is 0.417 e. The smallest absolute Gasteiger partial charge is 0.417 e. The van der Waals surface area contributed by atoms with Crippen molar-refractivity contribution in [1.82, 2.24) is 0 Å². The van der Waals surface area contributed by atoms with Gasteiger partial charge in [-0.25, -0.2) is 9.69 Å². The molecule has 0 bridgehead atoms. The van der Waals surface area contributed by atoms with Gasteiger partial charge in [-0.1, -0.05) is 32.4 Å². The number of rotatable bonds is 3. The number of aliphatic hydroxyl groups is 1. The van der Waals surface area contributed by atoms with Gasteiger partial charge in [0.15, 0.2) is 20.1 Å². The van der Waals surface area contributed by atoms with Gasteiger partial charge in [0.25, 0.3) is 0 Å². The zero-order valence-corrected chi connectivity index (χ0v) is 19.6. The fourth-order valence-electron chi connectivity index (χ4n) is 3.91. The van der Waals surface area contributed by atoms with E-state index in [-0.39, 0.29) is 16.2 Å². The van der Waals surface area contributed by atoms with Crippen molar-refractivity contribution >= 4 is 31.7 Å². The summed E-state index contributed by atoms with van der Waals surface area (Å²) in [4.78, 5) is 14.1. The van der Waals surface area contributed by atoms with Crippen LogP contribution in [0.3, 0.4) is 0 Å². The van der Waals surface area contributed by atoms with Gasteiger partial charge in [0.05, 0.1) is 22.4 Å². The van der Waals surface area contributed by atoms with E-state index in [9.17, 15) is 15.2 Å². The van der Waals surface area contributed by atoms with Crippen LogP contribution in [-0.4, -0.2) is 37.5 Å². The monoisotopic (exact) mass is 436 g/mol. The van der Waals surface area contributed by atoms with Crippen molar-refractivity contribution in [2.24, 2.45) is 0 Å². The Hall–Kier alpha value is -1.59. The Morgan fingerprint density at radius 2 is 2.07 bits per heavy atom. The first-order chi connectivity index (χ1) is 13.4. The minimum Gasteiger partial charge on any atom is -0.435 e. The number of aliphatic hydroxyl groups excluding tert-OH is 1. The van der Waals surface area contributed by atoms with E-state index < -0.39 is 26.2 Å². The Labute approximate surface area is 178 Å². The first-order valence-electron chi connectivity index (χ1n) is 9.93. The fraction of sp³-hybridized carbons (Fsp3) is 0.619. The summed E-state index contributed by atoms with van der Waals surface area (Å²) in [5, 5.41) is 20.7. The highest BCUT2D eigenvalue weighted by Gasteiger charge is 2.62. The zero-order chi connectivity index (χ0) is 21.8. The minimum absolute atomic E-state index is 0.00126. The number of carbonyl (C=O) groups is 1. The topological polar surface area (TPSA) is 82.8 Å². The van der Waals surface area contributed by atoms with Crippen molar-refractivity contribution in [1.29, 1.82) is 5.26 Å². The van der Waals surface area contributed by atoms with Crippen LogP contribution >= 0.6 is 11.6 Å². The number of nitriles is 1. The van der Waals surface area contributed by atoms with Crippen LogP contribution in [0.2, 0.25) is 23.2 Å². The van der Waals surface area contributed by atoms with E-state index in [1.54, 1.807) is 19.1 Å². The Kier molecular flexibility index (Phi) is 5.54. The van der Waals surface area contributed by atoms with Crippen molar-refractivity contribution in [3.8, 4) is 6.07 Å². The first-order valence-corrected chi connectivity index (χ1v) is 13.2. The van der Waals surface area contributed by atoms with Crippen molar-refractivity contribution in [2.75, 3.05) is 4.90 Å². The third kappa shape index (κ3) is 3.46. The summed E-state index contributed by atoms with van der Waals surface area (Å²) in [5.74, 6) is 0. The van der Waals surface area contributed by atoms with E-state index in [4.69, 9.17) is 20.8 Å². The number of hydrogen-bond donors (Lipinski definition) is 1. The van der Waals surface area contributed by atoms with Crippen molar-refractivity contribution in [3.05, 3.63) is 28.3 Å². The largest absolute Gasteiger partial charge is 0.435 e. The van der Waals surface area contributed by atoms with Crippen LogP contribution in [0, 0.1) is 18.3 Å². The van der Waals surface area contributed by atoms with Gasteiger partial charge in [-0.3, -0.25) is 0 Å². The Morgan fingerprint density at radius 3 is 2.66 bits per heavy atom. The number of nitrogens with zero attached hydrogens (tertiary/aromatic N) is 2. The first kappa shape index (κ1) is 22.1. The normalized spacial score (nSPS) is 27.4. The number of halogens is 1. The predicted octanol–water partition coefficient (Wildman–Crippen LogP) is 5.11. The molecule has 2 aliphatic rings. The minimum atomic E-state index is -2.13. The van der Waals surface area contributed by atoms with Crippen LogP contribution < -0.4 is 4.90 Å². The molecular weight excluding hydrogens is 408 g/mol. The van der Waals surface area contributed by atoms with Gasteiger partial charge in [0, 0.05) is 0 Å². The second-order valence-electron chi connectivity index (χ2n) is 9.51. The Bertz CT molecular complexity index is 877. The lowest BCUT2D eigenvalue weighted by Gasteiger charge is -2.42. The Balaban J connectivity index is 1.97. The van der Waals surface area contributed by atoms with Gasteiger partial charge < -0.3 is 14.3 Å². The van der Waals surface area contributed by atoms with E-state index in [0.29, 0.717) is 23.2 Å². The molecule has 1 amide bonds. The molecule has 0 radical (unpaired) electrons. The molecule has 1 saturated carbocycles. The summed E-state index contributed by atoms with van der Waals surface area (Å²) in [6.45, 7) is 12.5. The molecule has 3 rings (SSSR count). The lowest BCUT2D eigenvalue weighted by Crippen LogP contribution is -2.56. The van der Waals surface area contributed by atoms with Gasteiger partial charge in [-0.15, -0.1) is 0 Å². The van der Waals surface area contributed by atoms with Crippen LogP contribution in [0.4, 0.5) is 10.5 Å². The average molecular weight is 437 g/mol. The van der Waals surface area contributed by atoms with Crippen molar-refractivity contribution in [2.45, 2.75) is 83.0 Å². The maximum absolute atomic E-state index is 12.9. The molecule has 158 valence electrons. The molecule has 1 aromatic rings. The van der Waals surface area contributed by atoms with E-state index in [0.717, 1.165) is 12.8 Å². The third-order valence-electron chi connectivity index (χ3n) is 6.72. The molecule has 1 aliphatic carbocycles. The van der Waals surface area contributed by atoms with Gasteiger partial charge in [0.1, 0.15) is 6.07 Å². The SMILES string of the molecule is Cc1c(N2C(=O)OC3(CCCC3O[Si](C)(C)C(C)(C)C)C2O)ccc(C#N)c1Cl. The van der Waals surface area contributed by atoms with E-state index in [2.05, 4.69) is 33.9 Å². The summed E-state index contributed by atoms with van der Waals surface area (Å²) in [7, 11) is -2.13. The van der Waals surface area contributed by atoms with E-state index in [1.807, 2.05) is 6.07 Å². The molecule has 0 aromatic heterocycles. The zero-order valence-electron chi connectivity index (χ0n) is 17.9. The van der Waals surface area contributed by atoms with Crippen LogP contribution in [0.15, 0.2) is 12.1 Å². The van der Waals surface area contributed by atoms with Crippen LogP contribution in [-0.2, 0) is 9.16 Å². The van der Waals surface area contributed by atoms with Crippen LogP contribution in [0.1, 0.15) is 51.2 Å². The standard InChI is InChI=1S/C21H29ClN2O4Si/c1-13-15(10-9-14(12-23)17(13)22)24-18(25)21(27-19(24)26)11-7-8-16(21)28-29(5,6)20(2,3)4/h9-10,16,18,25H,7-8,11H2,1-6H3. The molecule has 2 fully saturated rings. The summed E-state index contributed by atoms with van der Waals surface area (Å²) in [6, 6.07) is 5.20. The van der Waals surface area contributed by atoms with E-state index in [1.165, 1.54) is 4.90 Å². The third-order valence-corrected chi connectivity index (χ3v) is 11.7. The van der Waals surface area contributed by atoms with Gasteiger partial charge in [-0.2, -0.15) is 5.26 Å². The van der Waals surface area contributed by atoms with Gasteiger partial charge >= 0.3 is 6.09 Å². The van der Waals surface area contributed by atoms with Crippen LogP contribution in [0.5, 0.6) is 0 Å². The highest BCUT2D eigenvalue weighted by Crippen LogP contribution is 2.49. The summed E-state index contributed by atoms with van der Waals surface area (Å²) in [5.41, 5.74) is 0.226. The molecular formula is C21H29ClN2O4Si. The highest BCUT2D eigenvalue weighted by molar-refractivity contribution is 6.74. The number of benzene rings is 1. The lowest BCUT2D eigenvalue weighted by atomic mass is 9.97. The molecule has 3 atom stereocenters. The lowest BCUT2D eigenvalue weighted by molar-refractivity contribution is -0.0901. The van der Waals surface area contributed by atoms with Gasteiger partial charge in [0.2, 0.25) is 0 Å². The molecule has 1 aromatic carbocycles. The molecule has 6 nitrogen and oxygen atoms in total. The van der Waals surface area contributed by atoms with Crippen LogP contribution in [0.25, 0.3) is 0 Å². The molecule has 1 N–H and O–H groups in total. The average Bonchev–Trinajstić information content (AvgIpc) is 3.11. The van der Waals surface area contributed by atoms with E-state index >= 15 is 0 Å². The number of carbonyl (C=O) groups excluding carboxylic acids is 1. The Morgan fingerprint density at radius 1 is 1.41 bits per heavy atom. The highest BCUT2D eigenvalue weighted by atomic mass is 35.5. The van der Waals surface area contributed by atoms with Crippen molar-refractivity contribution in [3.63, 3.8) is 0 Å². The predicted molar refractivity (Wildman–Crippen MR) is 115 cm³/mol. The molecule has 29 heavy (non-hydrogen) atoms. The molecule has 8 heteroatoms. The van der Waals surface area contributed by atoms with Crippen molar-refractivity contribution < 1.29 is 19.1 Å². The summed E-state index contributed by atoms with van der Waals surface area (Å²) >= 11 is 6.29. The number of amides is 1. The number of ether oxygens (including phenoxy) is 1.